The average Bonchev–Trinajstić information content (AvgIpc) is 2.79. The van der Waals surface area contributed by atoms with Crippen LogP contribution in [0.5, 0.6) is 5.75 Å². The summed E-state index contributed by atoms with van der Waals surface area (Å²) in [6.45, 7) is 6.84. The van der Waals surface area contributed by atoms with Crippen LogP contribution in [-0.2, 0) is 0 Å². The largest absolute Gasteiger partial charge is 0.484 e. The van der Waals surface area contributed by atoms with Gasteiger partial charge in [0, 0.05) is 44.8 Å². The molecule has 0 radical (unpaired) electrons. The minimum Gasteiger partial charge on any atom is -0.484 e. The van der Waals surface area contributed by atoms with E-state index in [1.165, 1.54) is 41.6 Å². The molecule has 1 unspecified atom stereocenters. The smallest absolute Gasteiger partial charge is 0.139 e. The summed E-state index contributed by atoms with van der Waals surface area (Å²) >= 11 is 6.18. The van der Waals surface area contributed by atoms with Crippen molar-refractivity contribution in [3.63, 3.8) is 0 Å². The van der Waals surface area contributed by atoms with Gasteiger partial charge in [-0.25, -0.2) is 8.78 Å². The normalized spacial score (nSPS) is 15.6. The third kappa shape index (κ3) is 5.59. The molecule has 1 fully saturated rings. The van der Waals surface area contributed by atoms with E-state index in [9.17, 15) is 8.78 Å². The first-order valence-corrected chi connectivity index (χ1v) is 11.3. The highest BCUT2D eigenvalue weighted by molar-refractivity contribution is 6.32. The molecule has 0 aliphatic carbocycles. The molecule has 3 aromatic rings. The van der Waals surface area contributed by atoms with Gasteiger partial charge >= 0.3 is 0 Å². The van der Waals surface area contributed by atoms with Gasteiger partial charge in [0.1, 0.15) is 23.5 Å². The number of piperazine rings is 1. The molecule has 0 amide bonds. The molecule has 3 aromatic carbocycles. The van der Waals surface area contributed by atoms with Crippen LogP contribution in [0.1, 0.15) is 23.7 Å². The van der Waals surface area contributed by atoms with Crippen molar-refractivity contribution in [2.24, 2.45) is 0 Å². The summed E-state index contributed by atoms with van der Waals surface area (Å²) in [6.07, 6.45) is 0.400. The van der Waals surface area contributed by atoms with Crippen molar-refractivity contribution in [3.05, 3.63) is 94.5 Å². The minimum atomic E-state index is -0.410. The Morgan fingerprint density at radius 1 is 0.906 bits per heavy atom. The van der Waals surface area contributed by atoms with Gasteiger partial charge in [-0.15, -0.1) is 0 Å². The summed E-state index contributed by atoms with van der Waals surface area (Å²) in [5.41, 5.74) is 3.46. The quantitative estimate of drug-likeness (QED) is 0.417. The Balaban J connectivity index is 1.40. The first-order chi connectivity index (χ1) is 15.5. The number of ether oxygens (including phenoxy) is 1. The van der Waals surface area contributed by atoms with E-state index in [1.54, 1.807) is 12.1 Å². The van der Waals surface area contributed by atoms with E-state index >= 15 is 0 Å². The van der Waals surface area contributed by atoms with Crippen molar-refractivity contribution in [1.82, 2.24) is 4.90 Å². The summed E-state index contributed by atoms with van der Waals surface area (Å²) in [6, 6.07) is 18.9. The zero-order chi connectivity index (χ0) is 22.5. The third-order valence-electron chi connectivity index (χ3n) is 5.94. The Hall–Kier alpha value is -2.63. The first-order valence-electron chi connectivity index (χ1n) is 10.9. The minimum absolute atomic E-state index is 0.226. The fraction of sp³-hybridized carbons (Fsp3) is 0.308. The van der Waals surface area contributed by atoms with Crippen LogP contribution in [0.4, 0.5) is 14.5 Å². The number of rotatable bonds is 7. The second-order valence-corrected chi connectivity index (χ2v) is 8.54. The molecule has 0 spiro atoms. The Morgan fingerprint density at radius 2 is 1.59 bits per heavy atom. The summed E-state index contributed by atoms with van der Waals surface area (Å²) < 4.78 is 33.0. The Labute approximate surface area is 193 Å². The summed E-state index contributed by atoms with van der Waals surface area (Å²) in [7, 11) is 0. The van der Waals surface area contributed by atoms with Crippen molar-refractivity contribution >= 4 is 17.3 Å². The number of hydrogen-bond acceptors (Lipinski definition) is 3. The predicted molar refractivity (Wildman–Crippen MR) is 126 cm³/mol. The van der Waals surface area contributed by atoms with E-state index in [0.717, 1.165) is 38.3 Å². The van der Waals surface area contributed by atoms with Crippen molar-refractivity contribution < 1.29 is 13.5 Å². The molecule has 3 nitrogen and oxygen atoms in total. The fourth-order valence-corrected chi connectivity index (χ4v) is 4.34. The van der Waals surface area contributed by atoms with E-state index in [-0.39, 0.29) is 16.9 Å². The van der Waals surface area contributed by atoms with Gasteiger partial charge in [0.25, 0.3) is 0 Å². The van der Waals surface area contributed by atoms with Crippen LogP contribution in [0.3, 0.4) is 0 Å². The van der Waals surface area contributed by atoms with Gasteiger partial charge in [0.15, 0.2) is 0 Å². The summed E-state index contributed by atoms with van der Waals surface area (Å²) in [4.78, 5) is 4.85. The molecular formula is C26H27ClF2N2O. The Kier molecular flexibility index (Phi) is 7.28. The summed E-state index contributed by atoms with van der Waals surface area (Å²) in [5.74, 6) is -0.279. The molecular weight excluding hydrogens is 430 g/mol. The number of anilines is 1. The van der Waals surface area contributed by atoms with Gasteiger partial charge in [-0.3, -0.25) is 4.90 Å². The molecule has 0 saturated carbocycles. The van der Waals surface area contributed by atoms with Crippen molar-refractivity contribution in [2.75, 3.05) is 37.6 Å². The number of benzene rings is 3. The number of halogens is 3. The first kappa shape index (κ1) is 22.6. The average molecular weight is 457 g/mol. The molecule has 0 N–H and O–H groups in total. The lowest BCUT2D eigenvalue weighted by molar-refractivity contribution is 0.160. The topological polar surface area (TPSA) is 15.7 Å². The maximum atomic E-state index is 13.5. The molecule has 4 rings (SSSR count). The number of aryl methyl sites for hydroxylation is 1. The van der Waals surface area contributed by atoms with Crippen LogP contribution >= 0.6 is 11.6 Å². The van der Waals surface area contributed by atoms with Crippen LogP contribution < -0.4 is 9.64 Å². The van der Waals surface area contributed by atoms with Crippen LogP contribution in [0, 0.1) is 18.6 Å². The molecule has 1 aliphatic heterocycles. The Morgan fingerprint density at radius 3 is 2.28 bits per heavy atom. The van der Waals surface area contributed by atoms with Gasteiger partial charge in [0.2, 0.25) is 0 Å². The molecule has 1 atom stereocenters. The summed E-state index contributed by atoms with van der Waals surface area (Å²) in [5, 5.41) is 0.226. The zero-order valence-electron chi connectivity index (χ0n) is 18.1. The van der Waals surface area contributed by atoms with Crippen molar-refractivity contribution in [1.29, 1.82) is 0 Å². The highest BCUT2D eigenvalue weighted by Gasteiger charge is 2.21. The van der Waals surface area contributed by atoms with Crippen LogP contribution in [0.15, 0.2) is 66.7 Å². The number of hydrogen-bond donors (Lipinski definition) is 0. The lowest BCUT2D eigenvalue weighted by Gasteiger charge is -2.37. The standard InChI is InChI=1S/C26H27ClF2N2O/c1-19-4-2-3-5-24(19)31-16-14-30(15-17-31)13-12-25(20-6-8-21(28)9-7-20)32-26-11-10-22(29)18-23(26)27/h2-11,18,25H,12-17H2,1H3. The lowest BCUT2D eigenvalue weighted by atomic mass is 10.1. The van der Waals surface area contributed by atoms with E-state index in [2.05, 4.69) is 41.0 Å². The predicted octanol–water partition coefficient (Wildman–Crippen LogP) is 6.26. The van der Waals surface area contributed by atoms with Gasteiger partial charge in [0.05, 0.1) is 5.02 Å². The SMILES string of the molecule is Cc1ccccc1N1CCN(CCC(Oc2ccc(F)cc2Cl)c2ccc(F)cc2)CC1. The van der Waals surface area contributed by atoms with Crippen LogP contribution in [0.2, 0.25) is 5.02 Å². The van der Waals surface area contributed by atoms with Crippen molar-refractivity contribution in [3.8, 4) is 5.75 Å². The highest BCUT2D eigenvalue weighted by Crippen LogP contribution is 2.32. The second-order valence-electron chi connectivity index (χ2n) is 8.14. The molecule has 0 aromatic heterocycles. The number of para-hydroxylation sites is 1. The molecule has 0 bridgehead atoms. The second kappa shape index (κ2) is 10.3. The van der Waals surface area contributed by atoms with E-state index in [4.69, 9.17) is 16.3 Å². The molecule has 1 heterocycles. The van der Waals surface area contributed by atoms with E-state index in [0.29, 0.717) is 12.2 Å². The zero-order valence-corrected chi connectivity index (χ0v) is 18.9. The molecule has 6 heteroatoms. The molecule has 32 heavy (non-hydrogen) atoms. The molecule has 1 aliphatic rings. The van der Waals surface area contributed by atoms with Gasteiger partial charge < -0.3 is 9.64 Å². The molecule has 168 valence electrons. The van der Waals surface area contributed by atoms with Gasteiger partial charge in [-0.05, 0) is 54.4 Å². The monoisotopic (exact) mass is 456 g/mol. The van der Waals surface area contributed by atoms with E-state index in [1.807, 2.05) is 0 Å². The van der Waals surface area contributed by atoms with Gasteiger partial charge in [-0.1, -0.05) is 41.9 Å². The van der Waals surface area contributed by atoms with Crippen LogP contribution in [0.25, 0.3) is 0 Å². The van der Waals surface area contributed by atoms with Crippen LogP contribution in [-0.4, -0.2) is 37.6 Å². The van der Waals surface area contributed by atoms with E-state index < -0.39 is 5.82 Å². The lowest BCUT2D eigenvalue weighted by Crippen LogP contribution is -2.47. The maximum Gasteiger partial charge on any atom is 0.139 e. The fourth-order valence-electron chi connectivity index (χ4n) is 4.13. The molecule has 1 saturated heterocycles. The highest BCUT2D eigenvalue weighted by atomic mass is 35.5. The number of nitrogens with zero attached hydrogens (tertiary/aromatic N) is 2. The van der Waals surface area contributed by atoms with Crippen molar-refractivity contribution in [2.45, 2.75) is 19.4 Å². The third-order valence-corrected chi connectivity index (χ3v) is 6.24. The Bertz CT molecular complexity index is 1040. The van der Waals surface area contributed by atoms with Gasteiger partial charge in [-0.2, -0.15) is 0 Å². The maximum absolute atomic E-state index is 13.5.